The Morgan fingerprint density at radius 2 is 1.50 bits per heavy atom. The highest BCUT2D eigenvalue weighted by Crippen LogP contribution is 2.20. The molecule has 5 nitrogen and oxygen atoms in total. The van der Waals surface area contributed by atoms with Crippen molar-refractivity contribution in [2.45, 2.75) is 40.7 Å². The van der Waals surface area contributed by atoms with Crippen molar-refractivity contribution >= 4 is 23.2 Å². The Balaban J connectivity index is 1.89. The van der Waals surface area contributed by atoms with Crippen molar-refractivity contribution in [2.75, 3.05) is 17.2 Å². The van der Waals surface area contributed by atoms with Gasteiger partial charge in [-0.2, -0.15) is 0 Å². The van der Waals surface area contributed by atoms with E-state index in [0.29, 0.717) is 0 Å². The second-order valence-electron chi connectivity index (χ2n) is 6.65. The molecular weight excluding hydrogens is 326 g/mol. The molecule has 3 N–H and O–H groups in total. The fourth-order valence-electron chi connectivity index (χ4n) is 2.72. The van der Waals surface area contributed by atoms with Crippen molar-refractivity contribution in [3.8, 4) is 0 Å². The van der Waals surface area contributed by atoms with Gasteiger partial charge in [0.2, 0.25) is 11.8 Å². The number of carbonyl (C=O) groups excluding carboxylic acids is 2. The molecule has 0 bridgehead atoms. The first-order chi connectivity index (χ1) is 12.3. The minimum absolute atomic E-state index is 0.0641. The van der Waals surface area contributed by atoms with Gasteiger partial charge in [-0.25, -0.2) is 0 Å². The number of para-hydroxylation sites is 1. The van der Waals surface area contributed by atoms with Crippen LogP contribution in [0.5, 0.6) is 0 Å². The van der Waals surface area contributed by atoms with E-state index in [1.165, 1.54) is 0 Å². The van der Waals surface area contributed by atoms with Crippen molar-refractivity contribution < 1.29 is 9.59 Å². The van der Waals surface area contributed by atoms with Crippen LogP contribution in [-0.4, -0.2) is 24.4 Å². The van der Waals surface area contributed by atoms with Crippen LogP contribution in [0.2, 0.25) is 0 Å². The summed E-state index contributed by atoms with van der Waals surface area (Å²) >= 11 is 0. The molecule has 2 rings (SSSR count). The average Bonchev–Trinajstić information content (AvgIpc) is 2.60. The molecule has 0 saturated carbocycles. The topological polar surface area (TPSA) is 70.2 Å². The third kappa shape index (κ3) is 4.85. The summed E-state index contributed by atoms with van der Waals surface area (Å²) < 4.78 is 0. The molecule has 1 unspecified atom stereocenters. The fraction of sp³-hybridized carbons (Fsp3) is 0.333. The smallest absolute Gasteiger partial charge is 0.243 e. The van der Waals surface area contributed by atoms with Crippen molar-refractivity contribution in [1.29, 1.82) is 0 Å². The SMILES string of the molecule is Cc1cccc(NC(C)C(=O)NCC(=O)Nc2c(C)cccc2C)c1C. The maximum absolute atomic E-state index is 12.3. The standard InChI is InChI=1S/C21H27N3O2/c1-13-8-7-11-18(16(13)4)23-17(5)21(26)22-12-19(25)24-20-14(2)9-6-10-15(20)3/h6-11,17,23H,12H2,1-5H3,(H,22,26)(H,24,25). The molecule has 0 aliphatic rings. The van der Waals surface area contributed by atoms with Crippen molar-refractivity contribution in [3.05, 3.63) is 58.7 Å². The first-order valence-corrected chi connectivity index (χ1v) is 8.76. The number of hydrogen-bond acceptors (Lipinski definition) is 3. The summed E-state index contributed by atoms with van der Waals surface area (Å²) in [4.78, 5) is 24.4. The number of benzene rings is 2. The number of hydrogen-bond donors (Lipinski definition) is 3. The first kappa shape index (κ1) is 19.5. The van der Waals surface area contributed by atoms with Gasteiger partial charge in [-0.1, -0.05) is 30.3 Å². The van der Waals surface area contributed by atoms with E-state index in [4.69, 9.17) is 0 Å². The molecule has 5 heteroatoms. The number of amides is 2. The molecule has 0 aliphatic carbocycles. The van der Waals surface area contributed by atoms with Gasteiger partial charge in [-0.3, -0.25) is 9.59 Å². The number of anilines is 2. The van der Waals surface area contributed by atoms with Gasteiger partial charge in [0.25, 0.3) is 0 Å². The van der Waals surface area contributed by atoms with Crippen LogP contribution in [-0.2, 0) is 9.59 Å². The summed E-state index contributed by atoms with van der Waals surface area (Å²) in [6.07, 6.45) is 0. The van der Waals surface area contributed by atoms with Crippen LogP contribution < -0.4 is 16.0 Å². The van der Waals surface area contributed by atoms with Gasteiger partial charge >= 0.3 is 0 Å². The molecule has 0 aliphatic heterocycles. The van der Waals surface area contributed by atoms with Crippen molar-refractivity contribution in [1.82, 2.24) is 5.32 Å². The number of aryl methyl sites for hydroxylation is 3. The second-order valence-corrected chi connectivity index (χ2v) is 6.65. The molecular formula is C21H27N3O2. The summed E-state index contributed by atoms with van der Waals surface area (Å²) in [5, 5.41) is 8.75. The zero-order valence-corrected chi connectivity index (χ0v) is 16.1. The predicted octanol–water partition coefficient (Wildman–Crippen LogP) is 3.48. The van der Waals surface area contributed by atoms with Crippen LogP contribution in [0, 0.1) is 27.7 Å². The lowest BCUT2D eigenvalue weighted by atomic mass is 10.1. The zero-order valence-electron chi connectivity index (χ0n) is 16.1. The minimum atomic E-state index is -0.441. The van der Waals surface area contributed by atoms with Crippen LogP contribution >= 0.6 is 0 Å². The van der Waals surface area contributed by atoms with Gasteiger partial charge in [0.15, 0.2) is 0 Å². The molecule has 2 aromatic rings. The van der Waals surface area contributed by atoms with E-state index in [2.05, 4.69) is 16.0 Å². The van der Waals surface area contributed by atoms with Crippen LogP contribution in [0.25, 0.3) is 0 Å². The molecule has 0 heterocycles. The van der Waals surface area contributed by atoms with Crippen LogP contribution in [0.3, 0.4) is 0 Å². The summed E-state index contributed by atoms with van der Waals surface area (Å²) in [7, 11) is 0. The Labute approximate surface area is 155 Å². The highest BCUT2D eigenvalue weighted by atomic mass is 16.2. The largest absolute Gasteiger partial charge is 0.374 e. The van der Waals surface area contributed by atoms with Gasteiger partial charge in [0, 0.05) is 11.4 Å². The van der Waals surface area contributed by atoms with E-state index < -0.39 is 6.04 Å². The number of rotatable bonds is 6. The van der Waals surface area contributed by atoms with Gasteiger partial charge in [0.1, 0.15) is 6.04 Å². The Morgan fingerprint density at radius 3 is 2.15 bits per heavy atom. The molecule has 2 amide bonds. The minimum Gasteiger partial charge on any atom is -0.374 e. The van der Waals surface area contributed by atoms with Gasteiger partial charge in [0.05, 0.1) is 6.54 Å². The molecule has 26 heavy (non-hydrogen) atoms. The van der Waals surface area contributed by atoms with E-state index in [1.54, 1.807) is 6.92 Å². The van der Waals surface area contributed by atoms with E-state index in [0.717, 1.165) is 33.6 Å². The molecule has 0 radical (unpaired) electrons. The Kier molecular flexibility index (Phi) is 6.39. The Bertz CT molecular complexity index is 795. The fourth-order valence-corrected chi connectivity index (χ4v) is 2.72. The van der Waals surface area contributed by atoms with Gasteiger partial charge in [-0.15, -0.1) is 0 Å². The van der Waals surface area contributed by atoms with Crippen LogP contribution in [0.1, 0.15) is 29.2 Å². The highest BCUT2D eigenvalue weighted by Gasteiger charge is 2.15. The van der Waals surface area contributed by atoms with Crippen molar-refractivity contribution in [2.24, 2.45) is 0 Å². The van der Waals surface area contributed by atoms with Crippen LogP contribution in [0.15, 0.2) is 36.4 Å². The van der Waals surface area contributed by atoms with Gasteiger partial charge in [-0.05, 0) is 62.9 Å². The maximum atomic E-state index is 12.3. The lowest BCUT2D eigenvalue weighted by Gasteiger charge is -2.18. The summed E-state index contributed by atoms with van der Waals surface area (Å²) in [6.45, 7) is 9.64. The summed E-state index contributed by atoms with van der Waals surface area (Å²) in [5.41, 5.74) is 5.99. The van der Waals surface area contributed by atoms with E-state index in [1.807, 2.05) is 64.1 Å². The molecule has 0 aromatic heterocycles. The average molecular weight is 353 g/mol. The van der Waals surface area contributed by atoms with E-state index >= 15 is 0 Å². The van der Waals surface area contributed by atoms with Gasteiger partial charge < -0.3 is 16.0 Å². The lowest BCUT2D eigenvalue weighted by molar-refractivity contribution is -0.124. The predicted molar refractivity (Wildman–Crippen MR) is 107 cm³/mol. The first-order valence-electron chi connectivity index (χ1n) is 8.76. The third-order valence-corrected chi connectivity index (χ3v) is 4.54. The van der Waals surface area contributed by atoms with E-state index in [9.17, 15) is 9.59 Å². The molecule has 1 atom stereocenters. The third-order valence-electron chi connectivity index (χ3n) is 4.54. The second kappa shape index (κ2) is 8.52. The molecule has 0 fully saturated rings. The number of nitrogens with one attached hydrogen (secondary N) is 3. The molecule has 2 aromatic carbocycles. The quantitative estimate of drug-likeness (QED) is 0.745. The van der Waals surface area contributed by atoms with Crippen LogP contribution in [0.4, 0.5) is 11.4 Å². The van der Waals surface area contributed by atoms with E-state index in [-0.39, 0.29) is 18.4 Å². The Morgan fingerprint density at radius 1 is 0.923 bits per heavy atom. The normalized spacial score (nSPS) is 11.6. The monoisotopic (exact) mass is 353 g/mol. The Hall–Kier alpha value is -2.82. The lowest BCUT2D eigenvalue weighted by Crippen LogP contribution is -2.41. The highest BCUT2D eigenvalue weighted by molar-refractivity contribution is 5.96. The maximum Gasteiger partial charge on any atom is 0.243 e. The zero-order chi connectivity index (χ0) is 19.3. The molecule has 138 valence electrons. The number of carbonyl (C=O) groups is 2. The summed E-state index contributed by atoms with van der Waals surface area (Å²) in [5.74, 6) is -0.461. The summed E-state index contributed by atoms with van der Waals surface area (Å²) in [6, 6.07) is 11.3. The molecule has 0 spiro atoms. The van der Waals surface area contributed by atoms with Crippen molar-refractivity contribution in [3.63, 3.8) is 0 Å². The molecule has 0 saturated heterocycles.